The van der Waals surface area contributed by atoms with Crippen LogP contribution in [0, 0.1) is 0 Å². The first kappa shape index (κ1) is 14.6. The average molecular weight is 253 g/mol. The summed E-state index contributed by atoms with van der Waals surface area (Å²) in [7, 11) is 1.17. The van der Waals surface area contributed by atoms with Crippen LogP contribution in [0.5, 0.6) is 0 Å². The first-order valence-corrected chi connectivity index (χ1v) is 5.83. The highest BCUT2D eigenvalue weighted by Crippen LogP contribution is 2.19. The van der Waals surface area contributed by atoms with Crippen molar-refractivity contribution < 1.29 is 19.7 Å². The van der Waals surface area contributed by atoms with Gasteiger partial charge in [0.15, 0.2) is 6.10 Å². The van der Waals surface area contributed by atoms with E-state index in [4.69, 9.17) is 0 Å². The predicted molar refractivity (Wildman–Crippen MR) is 66.8 cm³/mol. The highest BCUT2D eigenvalue weighted by atomic mass is 16.5. The van der Waals surface area contributed by atoms with Crippen LogP contribution in [0.1, 0.15) is 24.2 Å². The van der Waals surface area contributed by atoms with Crippen LogP contribution in [-0.2, 0) is 16.1 Å². The van der Waals surface area contributed by atoms with Crippen LogP contribution in [0.4, 0.5) is 0 Å². The summed E-state index contributed by atoms with van der Waals surface area (Å²) in [4.78, 5) is 11.1. The van der Waals surface area contributed by atoms with Gasteiger partial charge in [-0.1, -0.05) is 31.2 Å². The van der Waals surface area contributed by atoms with Gasteiger partial charge in [-0.15, -0.1) is 0 Å². The first-order valence-electron chi connectivity index (χ1n) is 5.83. The van der Waals surface area contributed by atoms with Gasteiger partial charge in [-0.3, -0.25) is 0 Å². The standard InChI is InChI=1S/C13H19NO4/c1-3-14-8-9-5-4-6-10(7-9)11(15)12(16)13(17)18-2/h4-7,11-12,14-16H,3,8H2,1-2H3. The summed E-state index contributed by atoms with van der Waals surface area (Å²) in [5.41, 5.74) is 1.47. The third-order valence-electron chi connectivity index (χ3n) is 2.61. The second-order valence-corrected chi connectivity index (χ2v) is 3.94. The van der Waals surface area contributed by atoms with Crippen molar-refractivity contribution in [2.45, 2.75) is 25.7 Å². The Labute approximate surface area is 106 Å². The molecular weight excluding hydrogens is 234 g/mol. The van der Waals surface area contributed by atoms with Gasteiger partial charge in [-0.2, -0.15) is 0 Å². The quantitative estimate of drug-likeness (QED) is 0.638. The zero-order valence-corrected chi connectivity index (χ0v) is 10.6. The first-order chi connectivity index (χ1) is 8.60. The topological polar surface area (TPSA) is 78.8 Å². The van der Waals surface area contributed by atoms with Crippen molar-refractivity contribution in [1.82, 2.24) is 5.32 Å². The molecule has 0 spiro atoms. The molecule has 0 bridgehead atoms. The smallest absolute Gasteiger partial charge is 0.337 e. The number of rotatable bonds is 6. The number of benzene rings is 1. The summed E-state index contributed by atoms with van der Waals surface area (Å²) in [6.45, 7) is 3.52. The molecule has 2 atom stereocenters. The molecule has 0 radical (unpaired) electrons. The van der Waals surface area contributed by atoms with Crippen LogP contribution < -0.4 is 5.32 Å². The molecule has 1 aromatic carbocycles. The Kier molecular flexibility index (Phi) is 5.77. The number of hydrogen-bond acceptors (Lipinski definition) is 5. The predicted octanol–water partition coefficient (Wildman–Crippen LogP) is 0.363. The lowest BCUT2D eigenvalue weighted by Crippen LogP contribution is -2.29. The molecule has 0 aromatic heterocycles. The molecule has 1 rings (SSSR count). The summed E-state index contributed by atoms with van der Waals surface area (Å²) in [5.74, 6) is -0.848. The number of methoxy groups -OCH3 is 1. The SMILES string of the molecule is CCNCc1cccc(C(O)C(O)C(=O)OC)c1. The maximum Gasteiger partial charge on any atom is 0.337 e. The number of nitrogens with one attached hydrogen (secondary N) is 1. The largest absolute Gasteiger partial charge is 0.467 e. The third-order valence-corrected chi connectivity index (χ3v) is 2.61. The van der Waals surface area contributed by atoms with Gasteiger partial charge in [0.2, 0.25) is 0 Å². The zero-order valence-electron chi connectivity index (χ0n) is 10.6. The lowest BCUT2D eigenvalue weighted by Gasteiger charge is -2.16. The molecule has 1 aromatic rings. The summed E-state index contributed by atoms with van der Waals surface area (Å²) in [6.07, 6.45) is -2.84. The van der Waals surface area contributed by atoms with Gasteiger partial charge in [0, 0.05) is 6.54 Å². The molecule has 0 amide bonds. The molecule has 0 aliphatic carbocycles. The van der Waals surface area contributed by atoms with Crippen molar-refractivity contribution in [2.24, 2.45) is 0 Å². The molecule has 2 unspecified atom stereocenters. The summed E-state index contributed by atoms with van der Waals surface area (Å²) in [5, 5.41) is 22.6. The minimum Gasteiger partial charge on any atom is -0.467 e. The zero-order chi connectivity index (χ0) is 13.5. The van der Waals surface area contributed by atoms with E-state index in [9.17, 15) is 15.0 Å². The van der Waals surface area contributed by atoms with Crippen LogP contribution in [0.25, 0.3) is 0 Å². The molecule has 0 aliphatic heterocycles. The van der Waals surface area contributed by atoms with Gasteiger partial charge in [0.05, 0.1) is 7.11 Å². The molecule has 0 heterocycles. The van der Waals surface area contributed by atoms with Crippen LogP contribution >= 0.6 is 0 Å². The Hall–Kier alpha value is -1.43. The van der Waals surface area contributed by atoms with Crippen molar-refractivity contribution in [3.05, 3.63) is 35.4 Å². The fourth-order valence-corrected chi connectivity index (χ4v) is 1.59. The van der Waals surface area contributed by atoms with Crippen molar-refractivity contribution in [2.75, 3.05) is 13.7 Å². The number of ether oxygens (including phenoxy) is 1. The van der Waals surface area contributed by atoms with Gasteiger partial charge in [-0.25, -0.2) is 4.79 Å². The lowest BCUT2D eigenvalue weighted by molar-refractivity contribution is -0.156. The molecule has 0 saturated carbocycles. The Bertz CT molecular complexity index is 394. The number of hydrogen-bond donors (Lipinski definition) is 3. The fourth-order valence-electron chi connectivity index (χ4n) is 1.59. The van der Waals surface area contributed by atoms with E-state index < -0.39 is 18.2 Å². The van der Waals surface area contributed by atoms with Crippen molar-refractivity contribution in [3.8, 4) is 0 Å². The molecule has 0 fully saturated rings. The minimum absolute atomic E-state index is 0.489. The van der Waals surface area contributed by atoms with Crippen LogP contribution in [0.3, 0.4) is 0 Å². The molecule has 5 nitrogen and oxygen atoms in total. The highest BCUT2D eigenvalue weighted by Gasteiger charge is 2.26. The van der Waals surface area contributed by atoms with E-state index in [1.807, 2.05) is 13.0 Å². The minimum atomic E-state index is -1.57. The second-order valence-electron chi connectivity index (χ2n) is 3.94. The van der Waals surface area contributed by atoms with E-state index in [1.54, 1.807) is 18.2 Å². The molecular formula is C13H19NO4. The van der Waals surface area contributed by atoms with E-state index in [2.05, 4.69) is 10.1 Å². The highest BCUT2D eigenvalue weighted by molar-refractivity contribution is 5.75. The molecule has 5 heteroatoms. The third kappa shape index (κ3) is 3.80. The number of carbonyl (C=O) groups is 1. The Morgan fingerprint density at radius 2 is 2.17 bits per heavy atom. The normalized spacial score (nSPS) is 14.0. The van der Waals surface area contributed by atoms with Gasteiger partial charge >= 0.3 is 5.97 Å². The fraction of sp³-hybridized carbons (Fsp3) is 0.462. The summed E-state index contributed by atoms with van der Waals surface area (Å²) >= 11 is 0. The molecule has 0 aliphatic rings. The van der Waals surface area contributed by atoms with Crippen molar-refractivity contribution in [3.63, 3.8) is 0 Å². The lowest BCUT2D eigenvalue weighted by atomic mass is 10.0. The molecule has 18 heavy (non-hydrogen) atoms. The maximum atomic E-state index is 11.1. The number of carbonyl (C=O) groups excluding carboxylic acids is 1. The van der Waals surface area contributed by atoms with Crippen LogP contribution in [0.15, 0.2) is 24.3 Å². The number of aliphatic hydroxyl groups is 2. The summed E-state index contributed by atoms with van der Waals surface area (Å²) < 4.78 is 4.39. The number of esters is 1. The molecule has 0 saturated heterocycles. The van der Waals surface area contributed by atoms with E-state index in [1.165, 1.54) is 7.11 Å². The Morgan fingerprint density at radius 3 is 2.78 bits per heavy atom. The van der Waals surface area contributed by atoms with E-state index >= 15 is 0 Å². The van der Waals surface area contributed by atoms with Crippen LogP contribution in [-0.4, -0.2) is 35.9 Å². The maximum absolute atomic E-state index is 11.1. The van der Waals surface area contributed by atoms with Gasteiger partial charge < -0.3 is 20.3 Å². The average Bonchev–Trinajstić information content (AvgIpc) is 2.42. The van der Waals surface area contributed by atoms with Crippen LogP contribution in [0.2, 0.25) is 0 Å². The van der Waals surface area contributed by atoms with Crippen molar-refractivity contribution >= 4 is 5.97 Å². The number of aliphatic hydroxyl groups excluding tert-OH is 2. The van der Waals surface area contributed by atoms with E-state index in [0.29, 0.717) is 12.1 Å². The Balaban J connectivity index is 2.79. The monoisotopic (exact) mass is 253 g/mol. The molecule has 100 valence electrons. The van der Waals surface area contributed by atoms with Gasteiger partial charge in [-0.05, 0) is 17.7 Å². The van der Waals surface area contributed by atoms with E-state index in [0.717, 1.165) is 12.1 Å². The van der Waals surface area contributed by atoms with E-state index in [-0.39, 0.29) is 0 Å². The summed E-state index contributed by atoms with van der Waals surface area (Å²) in [6, 6.07) is 7.09. The van der Waals surface area contributed by atoms with Gasteiger partial charge in [0.1, 0.15) is 6.10 Å². The Morgan fingerprint density at radius 1 is 1.44 bits per heavy atom. The molecule has 3 N–H and O–H groups in total. The second kappa shape index (κ2) is 7.10. The van der Waals surface area contributed by atoms with Crippen molar-refractivity contribution in [1.29, 1.82) is 0 Å². The van der Waals surface area contributed by atoms with Gasteiger partial charge in [0.25, 0.3) is 0 Å².